The van der Waals surface area contributed by atoms with Crippen LogP contribution in [-0.4, -0.2) is 76.6 Å². The van der Waals surface area contributed by atoms with Crippen molar-refractivity contribution in [2.24, 2.45) is 37.8 Å². The average molecular weight is 805 g/mol. The molecule has 6 aromatic rings. The Labute approximate surface area is 340 Å². The number of carbonyl (C=O) groups excluding carboxylic acids is 2. The summed E-state index contributed by atoms with van der Waals surface area (Å²) < 4.78 is 14.2. The van der Waals surface area contributed by atoms with Crippen molar-refractivity contribution in [2.75, 3.05) is 13.2 Å². The number of rotatable bonds is 10. The average Bonchev–Trinajstić information content (AvgIpc) is 4.01. The van der Waals surface area contributed by atoms with Gasteiger partial charge in [0.05, 0.1) is 37.7 Å². The topological polar surface area (TPSA) is 203 Å². The first-order valence-corrected chi connectivity index (χ1v) is 19.5. The summed E-state index contributed by atoms with van der Waals surface area (Å²) in [6, 6.07) is 16.8. The number of aryl methyl sites for hydroxylation is 2. The summed E-state index contributed by atoms with van der Waals surface area (Å²) in [5, 5.41) is 42.8. The van der Waals surface area contributed by atoms with Crippen molar-refractivity contribution in [1.82, 2.24) is 19.1 Å². The molecule has 14 heteroatoms. The molecule has 2 aromatic heterocycles. The zero-order valence-electron chi connectivity index (χ0n) is 33.4. The molecule has 2 fully saturated rings. The van der Waals surface area contributed by atoms with Crippen LogP contribution in [0.5, 0.6) is 11.5 Å². The Morgan fingerprint density at radius 2 is 1.07 bits per heavy atom. The Bertz CT molecular complexity index is 2330. The minimum absolute atomic E-state index is 0.0373. The Balaban J connectivity index is 0.000000164. The normalized spacial score (nSPS) is 18.4. The molecule has 14 nitrogen and oxygen atoms in total. The standard InChI is InChI=1S/C23H16O6.2C11H16N2O2/c24-20-16(14-7-3-1-5-12(14)9-18(20)22(26)27)11-17-15-8-4-2-6-13(15)10-19(21(17)25)23(28)29;2*1-3-10-8(6-15-11(10)14)4-9-5-12-7-13(9)2/h1-10,24-25H,11H2,(H,26,27)(H,28,29);2*5,7-8,10H,3-4,6H2,1-2H3/t;2*8-,10-/m.00/s1. The van der Waals surface area contributed by atoms with E-state index in [0.717, 1.165) is 37.1 Å². The van der Waals surface area contributed by atoms with Crippen molar-refractivity contribution in [1.29, 1.82) is 0 Å². The number of aromatic hydroxyl groups is 2. The van der Waals surface area contributed by atoms with Crippen molar-refractivity contribution in [3.63, 3.8) is 0 Å². The first-order chi connectivity index (χ1) is 28.3. The van der Waals surface area contributed by atoms with Gasteiger partial charge in [0, 0.05) is 67.3 Å². The van der Waals surface area contributed by atoms with E-state index in [4.69, 9.17) is 9.47 Å². The number of aromatic carboxylic acids is 2. The lowest BCUT2D eigenvalue weighted by molar-refractivity contribution is -0.142. The van der Waals surface area contributed by atoms with Crippen LogP contribution in [0.15, 0.2) is 85.7 Å². The Morgan fingerprint density at radius 3 is 1.41 bits per heavy atom. The van der Waals surface area contributed by atoms with E-state index in [1.165, 1.54) is 12.1 Å². The van der Waals surface area contributed by atoms with Crippen LogP contribution >= 0.6 is 0 Å². The number of benzene rings is 4. The highest BCUT2D eigenvalue weighted by Crippen LogP contribution is 2.39. The molecule has 0 spiro atoms. The largest absolute Gasteiger partial charge is 0.507 e. The Morgan fingerprint density at radius 1 is 0.678 bits per heavy atom. The number of carbonyl (C=O) groups is 4. The Kier molecular flexibility index (Phi) is 13.0. The molecule has 4 N–H and O–H groups in total. The molecular weight excluding hydrogens is 757 g/mol. The number of carboxylic acid groups (broad SMARTS) is 2. The number of hydrogen-bond donors (Lipinski definition) is 4. The third-order valence-electron chi connectivity index (χ3n) is 11.3. The third-order valence-corrected chi connectivity index (χ3v) is 11.3. The second kappa shape index (κ2) is 18.3. The number of esters is 2. The predicted octanol–water partition coefficient (Wildman–Crippen LogP) is 6.72. The molecule has 0 unspecified atom stereocenters. The van der Waals surface area contributed by atoms with Gasteiger partial charge in [0.2, 0.25) is 0 Å². The quantitative estimate of drug-likeness (QED) is 0.107. The van der Waals surface area contributed by atoms with Crippen LogP contribution < -0.4 is 0 Å². The minimum Gasteiger partial charge on any atom is -0.507 e. The van der Waals surface area contributed by atoms with Crippen molar-refractivity contribution in [3.05, 3.63) is 119 Å². The molecule has 308 valence electrons. The predicted molar refractivity (Wildman–Crippen MR) is 218 cm³/mol. The third kappa shape index (κ3) is 9.06. The van der Waals surface area contributed by atoms with Gasteiger partial charge in [0.15, 0.2) is 0 Å². The molecule has 0 amide bonds. The van der Waals surface area contributed by atoms with Gasteiger partial charge >= 0.3 is 23.9 Å². The summed E-state index contributed by atoms with van der Waals surface area (Å²) in [5.74, 6) is -2.66. The smallest absolute Gasteiger partial charge is 0.339 e. The van der Waals surface area contributed by atoms with Crippen LogP contribution in [0, 0.1) is 23.7 Å². The van der Waals surface area contributed by atoms with Crippen LogP contribution in [0.3, 0.4) is 0 Å². The van der Waals surface area contributed by atoms with Gasteiger partial charge in [-0.3, -0.25) is 9.59 Å². The second-order valence-corrected chi connectivity index (χ2v) is 14.9. The van der Waals surface area contributed by atoms with Gasteiger partial charge in [-0.1, -0.05) is 62.4 Å². The van der Waals surface area contributed by atoms with Crippen LogP contribution in [0.4, 0.5) is 0 Å². The lowest BCUT2D eigenvalue weighted by atomic mass is 9.89. The van der Waals surface area contributed by atoms with Crippen LogP contribution in [0.2, 0.25) is 0 Å². The highest BCUT2D eigenvalue weighted by Gasteiger charge is 2.36. The number of aromatic nitrogens is 4. The van der Waals surface area contributed by atoms with Gasteiger partial charge in [-0.2, -0.15) is 0 Å². The van der Waals surface area contributed by atoms with E-state index in [9.17, 15) is 39.6 Å². The van der Waals surface area contributed by atoms with E-state index in [1.54, 1.807) is 61.2 Å². The van der Waals surface area contributed by atoms with Gasteiger partial charge in [0.25, 0.3) is 0 Å². The summed E-state index contributed by atoms with van der Waals surface area (Å²) >= 11 is 0. The molecule has 8 rings (SSSR count). The number of phenols is 2. The zero-order valence-corrected chi connectivity index (χ0v) is 33.4. The molecule has 4 aromatic carbocycles. The number of nitrogens with zero attached hydrogens (tertiary/aromatic N) is 4. The maximum atomic E-state index is 11.6. The lowest BCUT2D eigenvalue weighted by Gasteiger charge is -2.16. The van der Waals surface area contributed by atoms with E-state index < -0.39 is 23.4 Å². The van der Waals surface area contributed by atoms with Crippen molar-refractivity contribution in [2.45, 2.75) is 46.0 Å². The number of imidazole rings is 2. The molecule has 4 heterocycles. The van der Waals surface area contributed by atoms with Gasteiger partial charge < -0.3 is 39.0 Å². The molecule has 4 atom stereocenters. The monoisotopic (exact) mass is 804 g/mol. The van der Waals surface area contributed by atoms with E-state index in [2.05, 4.69) is 9.97 Å². The molecule has 2 aliphatic rings. The molecule has 0 saturated carbocycles. The molecule has 59 heavy (non-hydrogen) atoms. The van der Waals surface area contributed by atoms with Gasteiger partial charge in [0.1, 0.15) is 22.6 Å². The maximum absolute atomic E-state index is 11.6. The fourth-order valence-corrected chi connectivity index (χ4v) is 8.00. The number of hydrogen-bond acceptors (Lipinski definition) is 10. The molecule has 2 saturated heterocycles. The van der Waals surface area contributed by atoms with Crippen molar-refractivity contribution < 1.29 is 49.1 Å². The number of ether oxygens (including phenoxy) is 2. The van der Waals surface area contributed by atoms with Crippen LogP contribution in [0.25, 0.3) is 21.5 Å². The van der Waals surface area contributed by atoms with E-state index in [0.29, 0.717) is 57.7 Å². The van der Waals surface area contributed by atoms with Crippen LogP contribution in [-0.2, 0) is 52.4 Å². The van der Waals surface area contributed by atoms with Crippen molar-refractivity contribution >= 4 is 45.4 Å². The highest BCUT2D eigenvalue weighted by molar-refractivity contribution is 6.02. The van der Waals surface area contributed by atoms with Gasteiger partial charge in [-0.25, -0.2) is 19.6 Å². The lowest BCUT2D eigenvalue weighted by Crippen LogP contribution is -2.18. The molecule has 0 radical (unpaired) electrons. The highest BCUT2D eigenvalue weighted by atomic mass is 16.5. The first-order valence-electron chi connectivity index (χ1n) is 19.5. The first kappa shape index (κ1) is 41.9. The fourth-order valence-electron chi connectivity index (χ4n) is 8.00. The minimum atomic E-state index is -1.28. The van der Waals surface area contributed by atoms with E-state index in [-0.39, 0.29) is 41.3 Å². The number of cyclic esters (lactones) is 2. The van der Waals surface area contributed by atoms with Crippen molar-refractivity contribution in [3.8, 4) is 11.5 Å². The molecule has 2 aliphatic heterocycles. The van der Waals surface area contributed by atoms with Gasteiger partial charge in [-0.15, -0.1) is 0 Å². The molecular formula is C45H48N4O10. The van der Waals surface area contributed by atoms with Gasteiger partial charge in [-0.05, 0) is 59.4 Å². The SMILES string of the molecule is CC[C@@H]1C(=O)OC[C@@H]1Cc1cncn1C.CC[C@@H]1C(=O)OC[C@@H]1Cc1cncn1C.O=C(O)c1cc2ccccc2c(Cc2c(O)c(C(=O)O)cc3ccccc23)c1O. The Hall–Kier alpha value is -6.70. The maximum Gasteiger partial charge on any atom is 0.339 e. The summed E-state index contributed by atoms with van der Waals surface area (Å²) in [6.07, 6.45) is 10.7. The second-order valence-electron chi connectivity index (χ2n) is 14.9. The number of fused-ring (bicyclic) bond motifs is 2. The molecule has 0 aliphatic carbocycles. The zero-order chi connectivity index (χ0) is 42.4. The molecule has 0 bridgehead atoms. The van der Waals surface area contributed by atoms with E-state index in [1.807, 2.05) is 49.5 Å². The summed E-state index contributed by atoms with van der Waals surface area (Å²) in [4.78, 5) is 54.1. The summed E-state index contributed by atoms with van der Waals surface area (Å²) in [5.41, 5.74) is 2.44. The fraction of sp³-hybridized carbons (Fsp3) is 0.333. The summed E-state index contributed by atoms with van der Waals surface area (Å²) in [6.45, 7) is 5.19. The van der Waals surface area contributed by atoms with E-state index >= 15 is 0 Å². The summed E-state index contributed by atoms with van der Waals surface area (Å²) in [7, 11) is 3.95. The number of carboxylic acids is 2. The van der Waals surface area contributed by atoms with Crippen LogP contribution in [0.1, 0.15) is 69.9 Å².